The van der Waals surface area contributed by atoms with Gasteiger partial charge in [-0.25, -0.2) is 9.97 Å². The van der Waals surface area contributed by atoms with Crippen molar-refractivity contribution in [1.82, 2.24) is 24.7 Å². The predicted molar refractivity (Wildman–Crippen MR) is 97.7 cm³/mol. The van der Waals surface area contributed by atoms with Crippen LogP contribution in [0.25, 0.3) is 11.4 Å². The number of hydrogen-bond acceptors (Lipinski definition) is 5. The summed E-state index contributed by atoms with van der Waals surface area (Å²) in [5, 5.41) is 8.05. The number of nitrogens with one attached hydrogen (secondary N) is 1. The standard InChI is InChI=1S/C19H22N6/c1-12-10-19(24-25(12)13(2)15-7-8-15)23-18-11-17(21-14(3)22-18)16-6-4-5-9-20-16/h4-6,9-11,13,15H,7-8H2,1-3H3,(H,21,22,23,24). The fourth-order valence-electron chi connectivity index (χ4n) is 3.15. The van der Waals surface area contributed by atoms with E-state index in [1.165, 1.54) is 12.8 Å². The average Bonchev–Trinajstić information content (AvgIpc) is 3.38. The summed E-state index contributed by atoms with van der Waals surface area (Å²) in [6.07, 6.45) is 4.38. The van der Waals surface area contributed by atoms with Gasteiger partial charge in [0.2, 0.25) is 0 Å². The summed E-state index contributed by atoms with van der Waals surface area (Å²) in [4.78, 5) is 13.3. The SMILES string of the molecule is Cc1nc(Nc2cc(C)n(C(C)C3CC3)n2)cc(-c2ccccn2)n1. The van der Waals surface area contributed by atoms with E-state index >= 15 is 0 Å². The van der Waals surface area contributed by atoms with Crippen LogP contribution in [-0.2, 0) is 0 Å². The van der Waals surface area contributed by atoms with Gasteiger partial charge in [0.1, 0.15) is 11.6 Å². The van der Waals surface area contributed by atoms with Gasteiger partial charge in [0.25, 0.3) is 0 Å². The Bertz CT molecular complexity index is 882. The zero-order valence-electron chi connectivity index (χ0n) is 14.8. The first kappa shape index (κ1) is 15.7. The van der Waals surface area contributed by atoms with E-state index in [1.54, 1.807) is 6.20 Å². The highest BCUT2D eigenvalue weighted by molar-refractivity contribution is 5.61. The van der Waals surface area contributed by atoms with E-state index in [1.807, 2.05) is 31.2 Å². The van der Waals surface area contributed by atoms with Crippen LogP contribution in [0.2, 0.25) is 0 Å². The first-order chi connectivity index (χ1) is 12.1. The highest BCUT2D eigenvalue weighted by Gasteiger charge is 2.30. The molecule has 128 valence electrons. The zero-order valence-corrected chi connectivity index (χ0v) is 14.8. The largest absolute Gasteiger partial charge is 0.323 e. The number of aromatic nitrogens is 5. The molecule has 0 radical (unpaired) electrons. The van der Waals surface area contributed by atoms with Crippen molar-refractivity contribution in [3.63, 3.8) is 0 Å². The number of rotatable bonds is 5. The molecule has 0 bridgehead atoms. The van der Waals surface area contributed by atoms with Gasteiger partial charge < -0.3 is 5.32 Å². The first-order valence-electron chi connectivity index (χ1n) is 8.70. The monoisotopic (exact) mass is 334 g/mol. The van der Waals surface area contributed by atoms with Crippen molar-refractivity contribution < 1.29 is 0 Å². The number of nitrogens with zero attached hydrogens (tertiary/aromatic N) is 5. The molecule has 1 fully saturated rings. The quantitative estimate of drug-likeness (QED) is 0.762. The molecule has 1 saturated carbocycles. The third kappa shape index (κ3) is 3.38. The van der Waals surface area contributed by atoms with E-state index in [0.717, 1.165) is 34.6 Å². The minimum Gasteiger partial charge on any atom is -0.323 e. The number of hydrogen-bond donors (Lipinski definition) is 1. The molecule has 1 unspecified atom stereocenters. The molecule has 1 atom stereocenters. The van der Waals surface area contributed by atoms with Gasteiger partial charge in [0.05, 0.1) is 17.4 Å². The van der Waals surface area contributed by atoms with Crippen molar-refractivity contribution in [2.45, 2.75) is 39.7 Å². The van der Waals surface area contributed by atoms with Crippen LogP contribution >= 0.6 is 0 Å². The summed E-state index contributed by atoms with van der Waals surface area (Å²) in [5.41, 5.74) is 2.80. The maximum absolute atomic E-state index is 4.73. The topological polar surface area (TPSA) is 68.5 Å². The lowest BCUT2D eigenvalue weighted by Gasteiger charge is -2.12. The van der Waals surface area contributed by atoms with Crippen LogP contribution in [-0.4, -0.2) is 24.7 Å². The minimum atomic E-state index is 0.451. The second kappa shape index (κ2) is 6.27. The smallest absolute Gasteiger partial charge is 0.153 e. The van der Waals surface area contributed by atoms with Crippen molar-refractivity contribution in [3.05, 3.63) is 48.0 Å². The molecular formula is C19H22N6. The van der Waals surface area contributed by atoms with Crippen LogP contribution in [0.5, 0.6) is 0 Å². The molecule has 0 spiro atoms. The number of aryl methyl sites for hydroxylation is 2. The van der Waals surface area contributed by atoms with E-state index in [2.05, 4.69) is 44.9 Å². The third-order valence-electron chi connectivity index (χ3n) is 4.63. The summed E-state index contributed by atoms with van der Waals surface area (Å²) in [5.74, 6) is 3.02. The molecule has 6 nitrogen and oxygen atoms in total. The molecule has 3 aromatic heterocycles. The molecule has 3 heterocycles. The summed E-state index contributed by atoms with van der Waals surface area (Å²) in [7, 11) is 0. The lowest BCUT2D eigenvalue weighted by Crippen LogP contribution is -2.10. The van der Waals surface area contributed by atoms with Gasteiger partial charge in [-0.2, -0.15) is 5.10 Å². The van der Waals surface area contributed by atoms with Gasteiger partial charge in [-0.3, -0.25) is 9.67 Å². The summed E-state index contributed by atoms with van der Waals surface area (Å²) in [6.45, 7) is 6.23. The van der Waals surface area contributed by atoms with E-state index < -0.39 is 0 Å². The van der Waals surface area contributed by atoms with Gasteiger partial charge in [0.15, 0.2) is 5.82 Å². The Morgan fingerprint density at radius 3 is 2.64 bits per heavy atom. The maximum Gasteiger partial charge on any atom is 0.153 e. The highest BCUT2D eigenvalue weighted by atomic mass is 15.3. The molecule has 6 heteroatoms. The van der Waals surface area contributed by atoms with Crippen molar-refractivity contribution in [1.29, 1.82) is 0 Å². The molecule has 0 saturated heterocycles. The Morgan fingerprint density at radius 2 is 1.92 bits per heavy atom. The van der Waals surface area contributed by atoms with Gasteiger partial charge in [-0.15, -0.1) is 0 Å². The summed E-state index contributed by atoms with van der Waals surface area (Å²) < 4.78 is 2.12. The third-order valence-corrected chi connectivity index (χ3v) is 4.63. The minimum absolute atomic E-state index is 0.451. The fraction of sp³-hybridized carbons (Fsp3) is 0.368. The highest BCUT2D eigenvalue weighted by Crippen LogP contribution is 2.40. The number of pyridine rings is 1. The zero-order chi connectivity index (χ0) is 17.4. The Labute approximate surface area is 147 Å². The lowest BCUT2D eigenvalue weighted by molar-refractivity contribution is 0.432. The Hall–Kier alpha value is -2.76. The number of anilines is 2. The molecule has 1 aliphatic rings. The van der Waals surface area contributed by atoms with Crippen LogP contribution in [0.15, 0.2) is 36.5 Å². The molecule has 4 rings (SSSR count). The van der Waals surface area contributed by atoms with Crippen LogP contribution in [0, 0.1) is 19.8 Å². The van der Waals surface area contributed by atoms with Gasteiger partial charge in [-0.05, 0) is 51.7 Å². The molecule has 0 aromatic carbocycles. The van der Waals surface area contributed by atoms with Crippen molar-refractivity contribution in [2.24, 2.45) is 5.92 Å². The van der Waals surface area contributed by atoms with Crippen LogP contribution in [0.1, 0.15) is 37.3 Å². The normalized spacial score (nSPS) is 15.2. The van der Waals surface area contributed by atoms with Gasteiger partial charge >= 0.3 is 0 Å². The average molecular weight is 334 g/mol. The second-order valence-electron chi connectivity index (χ2n) is 6.72. The van der Waals surface area contributed by atoms with E-state index in [0.29, 0.717) is 11.9 Å². The van der Waals surface area contributed by atoms with Crippen LogP contribution in [0.4, 0.5) is 11.6 Å². The predicted octanol–water partition coefficient (Wildman–Crippen LogP) is 4.07. The van der Waals surface area contributed by atoms with Crippen molar-refractivity contribution >= 4 is 11.6 Å². The molecule has 0 amide bonds. The Balaban J connectivity index is 1.61. The fourth-order valence-corrected chi connectivity index (χ4v) is 3.15. The van der Waals surface area contributed by atoms with Crippen molar-refractivity contribution in [3.8, 4) is 11.4 Å². The molecule has 1 N–H and O–H groups in total. The van der Waals surface area contributed by atoms with E-state index in [4.69, 9.17) is 5.10 Å². The Kier molecular flexibility index (Phi) is 3.95. The second-order valence-corrected chi connectivity index (χ2v) is 6.72. The molecule has 1 aliphatic carbocycles. The van der Waals surface area contributed by atoms with E-state index in [-0.39, 0.29) is 0 Å². The van der Waals surface area contributed by atoms with Crippen LogP contribution < -0.4 is 5.32 Å². The summed E-state index contributed by atoms with van der Waals surface area (Å²) >= 11 is 0. The van der Waals surface area contributed by atoms with Gasteiger partial charge in [0, 0.05) is 24.0 Å². The molecular weight excluding hydrogens is 312 g/mol. The maximum atomic E-state index is 4.73. The molecule has 3 aromatic rings. The van der Waals surface area contributed by atoms with Crippen molar-refractivity contribution in [2.75, 3.05) is 5.32 Å². The van der Waals surface area contributed by atoms with Gasteiger partial charge in [-0.1, -0.05) is 6.07 Å². The Morgan fingerprint density at radius 1 is 1.08 bits per heavy atom. The summed E-state index contributed by atoms with van der Waals surface area (Å²) in [6, 6.07) is 10.2. The first-order valence-corrected chi connectivity index (χ1v) is 8.70. The lowest BCUT2D eigenvalue weighted by atomic mass is 10.2. The molecule has 25 heavy (non-hydrogen) atoms. The van der Waals surface area contributed by atoms with E-state index in [9.17, 15) is 0 Å². The molecule has 0 aliphatic heterocycles. The van der Waals surface area contributed by atoms with Crippen LogP contribution in [0.3, 0.4) is 0 Å².